The van der Waals surface area contributed by atoms with Gasteiger partial charge in [-0.15, -0.1) is 0 Å². The first-order chi connectivity index (χ1) is 9.63. The van der Waals surface area contributed by atoms with Crippen LogP contribution in [-0.2, 0) is 6.54 Å². The van der Waals surface area contributed by atoms with E-state index in [9.17, 15) is 0 Å². The number of nitrogens with two attached hydrogens (primary N) is 1. The summed E-state index contributed by atoms with van der Waals surface area (Å²) in [7, 11) is 0. The van der Waals surface area contributed by atoms with Crippen molar-refractivity contribution in [1.82, 2.24) is 4.90 Å². The second kappa shape index (κ2) is 5.45. The fraction of sp³-hybridized carbons (Fsp3) is 0.444. The minimum Gasteiger partial charge on any atom is -0.398 e. The Bertz CT molecular complexity index is 603. The van der Waals surface area contributed by atoms with E-state index in [1.807, 2.05) is 0 Å². The molecule has 2 aromatic rings. The van der Waals surface area contributed by atoms with Crippen molar-refractivity contribution in [2.45, 2.75) is 26.8 Å². The minimum absolute atomic E-state index is 0.786. The van der Waals surface area contributed by atoms with Gasteiger partial charge in [-0.25, -0.2) is 0 Å². The third-order valence-corrected chi connectivity index (χ3v) is 4.65. The predicted octanol–water partition coefficient (Wildman–Crippen LogP) is 3.90. The topological polar surface area (TPSA) is 29.3 Å². The van der Waals surface area contributed by atoms with Gasteiger partial charge in [-0.2, -0.15) is 0 Å². The average molecular weight is 268 g/mol. The van der Waals surface area contributed by atoms with E-state index < -0.39 is 0 Å². The van der Waals surface area contributed by atoms with Gasteiger partial charge in [-0.1, -0.05) is 38.1 Å². The van der Waals surface area contributed by atoms with Crippen molar-refractivity contribution in [3.8, 4) is 0 Å². The zero-order valence-electron chi connectivity index (χ0n) is 12.5. The lowest BCUT2D eigenvalue weighted by molar-refractivity contribution is 0.297. The SMILES string of the molecule is CC(C)C1CCN(Cc2cc3ccccc3cc2N)C1. The first kappa shape index (κ1) is 13.4. The smallest absolute Gasteiger partial charge is 0.0366 e. The minimum atomic E-state index is 0.786. The Balaban J connectivity index is 1.79. The van der Waals surface area contributed by atoms with E-state index in [0.29, 0.717) is 0 Å². The highest BCUT2D eigenvalue weighted by Gasteiger charge is 2.25. The third kappa shape index (κ3) is 2.66. The van der Waals surface area contributed by atoms with Crippen LogP contribution < -0.4 is 5.73 Å². The summed E-state index contributed by atoms with van der Waals surface area (Å²) in [6.45, 7) is 8.07. The van der Waals surface area contributed by atoms with Crippen LogP contribution in [0.2, 0.25) is 0 Å². The van der Waals surface area contributed by atoms with Crippen molar-refractivity contribution in [3.63, 3.8) is 0 Å². The molecule has 1 aliphatic rings. The molecule has 2 nitrogen and oxygen atoms in total. The van der Waals surface area contributed by atoms with Crippen molar-refractivity contribution in [1.29, 1.82) is 0 Å². The normalized spacial score (nSPS) is 20.1. The first-order valence-electron chi connectivity index (χ1n) is 7.63. The molecule has 3 rings (SSSR count). The second-order valence-corrected chi connectivity index (χ2v) is 6.43. The highest BCUT2D eigenvalue weighted by Crippen LogP contribution is 2.28. The number of likely N-dealkylation sites (tertiary alicyclic amines) is 1. The Hall–Kier alpha value is -1.54. The average Bonchev–Trinajstić information content (AvgIpc) is 2.88. The second-order valence-electron chi connectivity index (χ2n) is 6.43. The van der Waals surface area contributed by atoms with E-state index in [1.165, 1.54) is 35.8 Å². The van der Waals surface area contributed by atoms with Gasteiger partial charge in [-0.05, 0) is 53.3 Å². The largest absolute Gasteiger partial charge is 0.398 e. The Labute approximate surface area is 121 Å². The molecule has 0 spiro atoms. The maximum absolute atomic E-state index is 6.23. The summed E-state index contributed by atoms with van der Waals surface area (Å²) >= 11 is 0. The summed E-state index contributed by atoms with van der Waals surface area (Å²) in [6, 6.07) is 12.8. The van der Waals surface area contributed by atoms with Gasteiger partial charge < -0.3 is 5.73 Å². The molecule has 1 unspecified atom stereocenters. The molecule has 2 heteroatoms. The van der Waals surface area contributed by atoms with Crippen LogP contribution in [0.5, 0.6) is 0 Å². The van der Waals surface area contributed by atoms with Crippen molar-refractivity contribution in [2.75, 3.05) is 18.8 Å². The van der Waals surface area contributed by atoms with Crippen LogP contribution in [0.1, 0.15) is 25.8 Å². The van der Waals surface area contributed by atoms with Crippen LogP contribution in [0.15, 0.2) is 36.4 Å². The maximum atomic E-state index is 6.23. The first-order valence-corrected chi connectivity index (χ1v) is 7.63. The molecule has 2 aromatic carbocycles. The molecule has 0 saturated carbocycles. The Kier molecular flexibility index (Phi) is 3.66. The van der Waals surface area contributed by atoms with Crippen LogP contribution >= 0.6 is 0 Å². The maximum Gasteiger partial charge on any atom is 0.0366 e. The highest BCUT2D eigenvalue weighted by atomic mass is 15.1. The fourth-order valence-electron chi connectivity index (χ4n) is 3.23. The number of hydrogen-bond acceptors (Lipinski definition) is 2. The number of hydrogen-bond donors (Lipinski definition) is 1. The lowest BCUT2D eigenvalue weighted by Crippen LogP contribution is -2.22. The molecule has 106 valence electrons. The Morgan fingerprint density at radius 1 is 1.20 bits per heavy atom. The van der Waals surface area contributed by atoms with E-state index in [1.54, 1.807) is 0 Å². The molecule has 1 atom stereocenters. The number of anilines is 1. The molecule has 0 aliphatic carbocycles. The predicted molar refractivity (Wildman–Crippen MR) is 86.6 cm³/mol. The van der Waals surface area contributed by atoms with E-state index in [-0.39, 0.29) is 0 Å². The summed E-state index contributed by atoms with van der Waals surface area (Å²) in [5.41, 5.74) is 8.43. The van der Waals surface area contributed by atoms with Crippen LogP contribution in [0.4, 0.5) is 5.69 Å². The van der Waals surface area contributed by atoms with Gasteiger partial charge >= 0.3 is 0 Å². The van der Waals surface area contributed by atoms with Crippen molar-refractivity contribution < 1.29 is 0 Å². The van der Waals surface area contributed by atoms with Gasteiger partial charge in [0.1, 0.15) is 0 Å². The summed E-state index contributed by atoms with van der Waals surface area (Å²) < 4.78 is 0. The lowest BCUT2D eigenvalue weighted by atomic mass is 9.95. The summed E-state index contributed by atoms with van der Waals surface area (Å²) in [5, 5.41) is 2.52. The van der Waals surface area contributed by atoms with Crippen LogP contribution in [0.25, 0.3) is 10.8 Å². The number of benzene rings is 2. The zero-order valence-corrected chi connectivity index (χ0v) is 12.5. The van der Waals surface area contributed by atoms with Gasteiger partial charge in [0.25, 0.3) is 0 Å². The van der Waals surface area contributed by atoms with Gasteiger partial charge in [-0.3, -0.25) is 4.90 Å². The molecule has 1 fully saturated rings. The number of nitrogen functional groups attached to an aromatic ring is 1. The van der Waals surface area contributed by atoms with E-state index >= 15 is 0 Å². The third-order valence-electron chi connectivity index (χ3n) is 4.65. The fourth-order valence-corrected chi connectivity index (χ4v) is 3.23. The summed E-state index contributed by atoms with van der Waals surface area (Å²) in [6.07, 6.45) is 1.32. The summed E-state index contributed by atoms with van der Waals surface area (Å²) in [5.74, 6) is 1.63. The molecule has 1 heterocycles. The molecule has 0 bridgehead atoms. The van der Waals surface area contributed by atoms with Gasteiger partial charge in [0.05, 0.1) is 0 Å². The molecule has 1 saturated heterocycles. The number of nitrogens with zero attached hydrogens (tertiary/aromatic N) is 1. The Morgan fingerprint density at radius 3 is 2.55 bits per heavy atom. The standard InChI is InChI=1S/C18H24N2/c1-13(2)16-7-8-20(11-16)12-17-9-14-5-3-4-6-15(14)10-18(17)19/h3-6,9-10,13,16H,7-8,11-12,19H2,1-2H3. The van der Waals surface area contributed by atoms with Crippen molar-refractivity contribution >= 4 is 16.5 Å². The van der Waals surface area contributed by atoms with Crippen molar-refractivity contribution in [3.05, 3.63) is 42.0 Å². The number of fused-ring (bicyclic) bond motifs is 1. The number of rotatable bonds is 3. The van der Waals surface area contributed by atoms with Gasteiger partial charge in [0.15, 0.2) is 0 Å². The van der Waals surface area contributed by atoms with Crippen LogP contribution in [-0.4, -0.2) is 18.0 Å². The molecule has 20 heavy (non-hydrogen) atoms. The van der Waals surface area contributed by atoms with Gasteiger partial charge in [0, 0.05) is 18.8 Å². The van der Waals surface area contributed by atoms with Crippen LogP contribution in [0.3, 0.4) is 0 Å². The molecule has 2 N–H and O–H groups in total. The molecule has 0 radical (unpaired) electrons. The summed E-state index contributed by atoms with van der Waals surface area (Å²) in [4.78, 5) is 2.55. The molecular formula is C18H24N2. The molecule has 0 amide bonds. The highest BCUT2D eigenvalue weighted by molar-refractivity contribution is 5.86. The van der Waals surface area contributed by atoms with Crippen LogP contribution in [0, 0.1) is 11.8 Å². The van der Waals surface area contributed by atoms with Crippen molar-refractivity contribution in [2.24, 2.45) is 11.8 Å². The molecule has 1 aliphatic heterocycles. The van der Waals surface area contributed by atoms with E-state index in [4.69, 9.17) is 5.73 Å². The quantitative estimate of drug-likeness (QED) is 0.855. The van der Waals surface area contributed by atoms with E-state index in [0.717, 1.165) is 24.1 Å². The molecule has 0 aromatic heterocycles. The Morgan fingerprint density at radius 2 is 1.90 bits per heavy atom. The zero-order chi connectivity index (χ0) is 14.1. The molecular weight excluding hydrogens is 244 g/mol. The van der Waals surface area contributed by atoms with E-state index in [2.05, 4.69) is 55.1 Å². The van der Waals surface area contributed by atoms with Gasteiger partial charge in [0.2, 0.25) is 0 Å². The monoisotopic (exact) mass is 268 g/mol. The lowest BCUT2D eigenvalue weighted by Gasteiger charge is -2.19.